The van der Waals surface area contributed by atoms with Gasteiger partial charge in [-0.3, -0.25) is 4.79 Å². The van der Waals surface area contributed by atoms with Crippen molar-refractivity contribution < 1.29 is 24.2 Å². The topological polar surface area (TPSA) is 76.1 Å². The first-order valence-corrected chi connectivity index (χ1v) is 8.01. The van der Waals surface area contributed by atoms with Gasteiger partial charge in [0.1, 0.15) is 6.04 Å². The van der Waals surface area contributed by atoms with Gasteiger partial charge in [-0.15, -0.1) is 0 Å². The Labute approximate surface area is 136 Å². The molecule has 1 N–H and O–H groups in total. The number of hydrogen-bond acceptors (Lipinski definition) is 4. The minimum absolute atomic E-state index is 0.277. The smallest absolute Gasteiger partial charge is 0.326 e. The molecule has 1 aliphatic heterocycles. The lowest BCUT2D eigenvalue weighted by Gasteiger charge is -2.33. The van der Waals surface area contributed by atoms with Crippen molar-refractivity contribution in [2.45, 2.75) is 39.2 Å². The molecule has 0 radical (unpaired) electrons. The maximum absolute atomic E-state index is 12.7. The van der Waals surface area contributed by atoms with Crippen molar-refractivity contribution in [3.05, 3.63) is 23.8 Å². The molecule has 0 saturated carbocycles. The van der Waals surface area contributed by atoms with E-state index in [1.165, 1.54) is 4.90 Å². The van der Waals surface area contributed by atoms with E-state index >= 15 is 0 Å². The Morgan fingerprint density at radius 1 is 1.17 bits per heavy atom. The number of rotatable bonds is 6. The number of ether oxygens (including phenoxy) is 2. The van der Waals surface area contributed by atoms with Gasteiger partial charge in [0, 0.05) is 12.1 Å². The Kier molecular flexibility index (Phi) is 5.84. The monoisotopic (exact) mass is 321 g/mol. The fourth-order valence-corrected chi connectivity index (χ4v) is 2.78. The molecular formula is C17H23NO5. The lowest BCUT2D eigenvalue weighted by atomic mass is 10.0. The number of hydrogen-bond donors (Lipinski definition) is 1. The largest absolute Gasteiger partial charge is 0.490 e. The van der Waals surface area contributed by atoms with Crippen LogP contribution < -0.4 is 9.47 Å². The van der Waals surface area contributed by atoms with Crippen LogP contribution in [0.1, 0.15) is 43.5 Å². The van der Waals surface area contributed by atoms with Gasteiger partial charge in [0.05, 0.1) is 13.2 Å². The molecular weight excluding hydrogens is 298 g/mol. The zero-order valence-corrected chi connectivity index (χ0v) is 13.6. The van der Waals surface area contributed by atoms with Crippen molar-refractivity contribution in [3.8, 4) is 11.5 Å². The molecule has 1 heterocycles. The Balaban J connectivity index is 2.27. The predicted octanol–water partition coefficient (Wildman–Crippen LogP) is 2.56. The van der Waals surface area contributed by atoms with Crippen LogP contribution in [0.4, 0.5) is 0 Å². The molecule has 2 rings (SSSR count). The zero-order chi connectivity index (χ0) is 16.8. The van der Waals surface area contributed by atoms with Gasteiger partial charge >= 0.3 is 5.97 Å². The normalized spacial score (nSPS) is 17.7. The molecule has 1 fully saturated rings. The molecule has 1 amide bonds. The molecule has 6 heteroatoms. The quantitative estimate of drug-likeness (QED) is 0.871. The van der Waals surface area contributed by atoms with E-state index in [-0.39, 0.29) is 5.91 Å². The van der Waals surface area contributed by atoms with Crippen molar-refractivity contribution in [1.29, 1.82) is 0 Å². The Morgan fingerprint density at radius 2 is 1.87 bits per heavy atom. The molecule has 23 heavy (non-hydrogen) atoms. The average Bonchev–Trinajstić information content (AvgIpc) is 2.56. The van der Waals surface area contributed by atoms with Gasteiger partial charge in [-0.1, -0.05) is 0 Å². The highest BCUT2D eigenvalue weighted by atomic mass is 16.5. The molecule has 6 nitrogen and oxygen atoms in total. The molecule has 126 valence electrons. The molecule has 0 bridgehead atoms. The van der Waals surface area contributed by atoms with Gasteiger partial charge in [-0.2, -0.15) is 0 Å². The molecule has 0 aromatic heterocycles. The minimum Gasteiger partial charge on any atom is -0.490 e. The lowest BCUT2D eigenvalue weighted by molar-refractivity contribution is -0.143. The summed E-state index contributed by atoms with van der Waals surface area (Å²) in [5, 5.41) is 9.32. The number of carbonyl (C=O) groups is 2. The molecule has 0 unspecified atom stereocenters. The number of benzene rings is 1. The van der Waals surface area contributed by atoms with E-state index in [0.717, 1.165) is 12.8 Å². The van der Waals surface area contributed by atoms with E-state index in [0.29, 0.717) is 43.2 Å². The summed E-state index contributed by atoms with van der Waals surface area (Å²) in [7, 11) is 0. The van der Waals surface area contributed by atoms with E-state index in [4.69, 9.17) is 9.47 Å². The highest BCUT2D eigenvalue weighted by molar-refractivity contribution is 5.97. The van der Waals surface area contributed by atoms with Crippen LogP contribution in [0.5, 0.6) is 11.5 Å². The van der Waals surface area contributed by atoms with Crippen LogP contribution in [-0.2, 0) is 4.79 Å². The van der Waals surface area contributed by atoms with E-state index < -0.39 is 12.0 Å². The van der Waals surface area contributed by atoms with Crippen LogP contribution in [0.15, 0.2) is 18.2 Å². The van der Waals surface area contributed by atoms with Gasteiger partial charge in [0.2, 0.25) is 0 Å². The van der Waals surface area contributed by atoms with Crippen LogP contribution in [0.3, 0.4) is 0 Å². The molecule has 1 aromatic rings. The maximum Gasteiger partial charge on any atom is 0.326 e. The third-order valence-electron chi connectivity index (χ3n) is 3.84. The average molecular weight is 321 g/mol. The summed E-state index contributed by atoms with van der Waals surface area (Å²) in [6, 6.07) is 4.23. The van der Waals surface area contributed by atoms with Crippen molar-refractivity contribution in [3.63, 3.8) is 0 Å². The summed E-state index contributed by atoms with van der Waals surface area (Å²) < 4.78 is 11.0. The second-order valence-corrected chi connectivity index (χ2v) is 5.38. The summed E-state index contributed by atoms with van der Waals surface area (Å²) in [5.41, 5.74) is 0.421. The Morgan fingerprint density at radius 3 is 2.52 bits per heavy atom. The molecule has 1 aromatic carbocycles. The van der Waals surface area contributed by atoms with Crippen molar-refractivity contribution in [2.75, 3.05) is 19.8 Å². The number of carboxylic acids is 1. The number of carboxylic acid groups (broad SMARTS) is 1. The fourth-order valence-electron chi connectivity index (χ4n) is 2.78. The van der Waals surface area contributed by atoms with Crippen LogP contribution in [-0.4, -0.2) is 47.7 Å². The first-order valence-electron chi connectivity index (χ1n) is 8.01. The minimum atomic E-state index is -0.950. The molecule has 1 atom stereocenters. The van der Waals surface area contributed by atoms with Crippen molar-refractivity contribution in [2.24, 2.45) is 0 Å². The van der Waals surface area contributed by atoms with E-state index in [1.54, 1.807) is 18.2 Å². The fraction of sp³-hybridized carbons (Fsp3) is 0.529. The van der Waals surface area contributed by atoms with E-state index in [9.17, 15) is 14.7 Å². The number of amides is 1. The summed E-state index contributed by atoms with van der Waals surface area (Å²) in [4.78, 5) is 25.5. The van der Waals surface area contributed by atoms with Crippen molar-refractivity contribution >= 4 is 11.9 Å². The molecule has 1 aliphatic rings. The first kappa shape index (κ1) is 17.1. The van der Waals surface area contributed by atoms with Gasteiger partial charge < -0.3 is 19.5 Å². The number of aliphatic carboxylic acids is 1. The number of carbonyl (C=O) groups excluding carboxylic acids is 1. The summed E-state index contributed by atoms with van der Waals surface area (Å²) >= 11 is 0. The predicted molar refractivity (Wildman–Crippen MR) is 85.1 cm³/mol. The van der Waals surface area contributed by atoms with Crippen LogP contribution in [0.2, 0.25) is 0 Å². The number of nitrogens with zero attached hydrogens (tertiary/aromatic N) is 1. The standard InChI is InChI=1S/C17H23NO5/c1-3-22-14-9-8-12(11-15(14)23-4-2)16(19)18-10-6-5-7-13(18)17(20)21/h8-9,11,13H,3-7,10H2,1-2H3,(H,20,21)/t13-/m1/s1. The van der Waals surface area contributed by atoms with Gasteiger partial charge in [-0.05, 0) is 51.3 Å². The highest BCUT2D eigenvalue weighted by Gasteiger charge is 2.32. The molecule has 1 saturated heterocycles. The maximum atomic E-state index is 12.7. The number of piperidine rings is 1. The molecule has 0 spiro atoms. The summed E-state index contributed by atoms with van der Waals surface area (Å²) in [6.07, 6.45) is 2.15. The van der Waals surface area contributed by atoms with Crippen LogP contribution in [0.25, 0.3) is 0 Å². The summed E-state index contributed by atoms with van der Waals surface area (Å²) in [6.45, 7) is 5.15. The van der Waals surface area contributed by atoms with E-state index in [1.807, 2.05) is 13.8 Å². The third-order valence-corrected chi connectivity index (χ3v) is 3.84. The van der Waals surface area contributed by atoms with E-state index in [2.05, 4.69) is 0 Å². The first-order chi connectivity index (χ1) is 11.1. The van der Waals surface area contributed by atoms with Gasteiger partial charge in [-0.25, -0.2) is 4.79 Å². The lowest BCUT2D eigenvalue weighted by Crippen LogP contribution is -2.47. The van der Waals surface area contributed by atoms with Crippen LogP contribution in [0, 0.1) is 0 Å². The van der Waals surface area contributed by atoms with Crippen LogP contribution >= 0.6 is 0 Å². The Bertz CT molecular complexity index is 572. The highest BCUT2D eigenvalue weighted by Crippen LogP contribution is 2.30. The summed E-state index contributed by atoms with van der Waals surface area (Å²) in [5.74, 6) is -0.140. The molecule has 0 aliphatic carbocycles. The SMILES string of the molecule is CCOc1ccc(C(=O)N2CCCC[C@@H]2C(=O)O)cc1OCC. The Hall–Kier alpha value is -2.24. The third kappa shape index (κ3) is 3.94. The van der Waals surface area contributed by atoms with Gasteiger partial charge in [0.25, 0.3) is 5.91 Å². The van der Waals surface area contributed by atoms with Crippen molar-refractivity contribution in [1.82, 2.24) is 4.90 Å². The zero-order valence-electron chi connectivity index (χ0n) is 13.6. The van der Waals surface area contributed by atoms with Gasteiger partial charge in [0.15, 0.2) is 11.5 Å². The second kappa shape index (κ2) is 7.85. The second-order valence-electron chi connectivity index (χ2n) is 5.38. The number of likely N-dealkylation sites (tertiary alicyclic amines) is 1.